The average Bonchev–Trinajstić information content (AvgIpc) is 2.97. The summed E-state index contributed by atoms with van der Waals surface area (Å²) in [6.45, 7) is 3.09. The summed E-state index contributed by atoms with van der Waals surface area (Å²) in [6.07, 6.45) is 0. The molecule has 0 bridgehead atoms. The van der Waals surface area contributed by atoms with E-state index >= 15 is 0 Å². The van der Waals surface area contributed by atoms with E-state index in [1.165, 1.54) is 4.90 Å². The van der Waals surface area contributed by atoms with Crippen LogP contribution in [0.15, 0.2) is 21.6 Å². The Balaban J connectivity index is 1.77. The van der Waals surface area contributed by atoms with Crippen molar-refractivity contribution >= 4 is 15.9 Å². The Bertz CT molecular complexity index is 979. The molecule has 1 aromatic heterocycles. The van der Waals surface area contributed by atoms with E-state index in [1.54, 1.807) is 13.8 Å². The van der Waals surface area contributed by atoms with Gasteiger partial charge in [-0.3, -0.25) is 4.79 Å². The average molecular weight is 403 g/mol. The number of hydrogen-bond acceptors (Lipinski definition) is 5. The van der Waals surface area contributed by atoms with Crippen molar-refractivity contribution in [2.24, 2.45) is 0 Å². The lowest BCUT2D eigenvalue weighted by atomic mass is 10.1. The summed E-state index contributed by atoms with van der Waals surface area (Å²) in [5.41, 5.74) is 0.745. The summed E-state index contributed by atoms with van der Waals surface area (Å²) >= 11 is 0. The number of benzene rings is 1. The zero-order valence-corrected chi connectivity index (χ0v) is 15.3. The van der Waals surface area contributed by atoms with Crippen LogP contribution in [-0.4, -0.2) is 54.9 Å². The molecule has 2 heterocycles. The third kappa shape index (κ3) is 3.32. The van der Waals surface area contributed by atoms with Crippen molar-refractivity contribution in [1.29, 1.82) is 0 Å². The number of amides is 1. The maximum Gasteiger partial charge on any atom is 0.259 e. The van der Waals surface area contributed by atoms with Gasteiger partial charge in [0.15, 0.2) is 17.5 Å². The first-order valence-corrected chi connectivity index (χ1v) is 9.44. The molecule has 11 heteroatoms. The third-order valence-electron chi connectivity index (χ3n) is 4.39. The van der Waals surface area contributed by atoms with E-state index in [1.807, 2.05) is 0 Å². The highest BCUT2D eigenvalue weighted by molar-refractivity contribution is 7.89. The molecule has 1 aliphatic heterocycles. The van der Waals surface area contributed by atoms with Gasteiger partial charge in [0.2, 0.25) is 10.0 Å². The third-order valence-corrected chi connectivity index (χ3v) is 6.31. The second-order valence-corrected chi connectivity index (χ2v) is 7.98. The SMILES string of the molecule is Cc1noc(C)c1C(=O)N1CCN(S(=O)(=O)c2ccc(F)c(F)c2F)CC1. The normalized spacial score (nSPS) is 16.0. The lowest BCUT2D eigenvalue weighted by Crippen LogP contribution is -2.50. The quantitative estimate of drug-likeness (QED) is 0.731. The fourth-order valence-corrected chi connectivity index (χ4v) is 4.40. The molecule has 1 amide bonds. The van der Waals surface area contributed by atoms with Crippen molar-refractivity contribution in [3.63, 3.8) is 0 Å². The van der Waals surface area contributed by atoms with Gasteiger partial charge in [0.1, 0.15) is 16.2 Å². The number of rotatable bonds is 3. The minimum Gasteiger partial charge on any atom is -0.361 e. The highest BCUT2D eigenvalue weighted by Gasteiger charge is 2.34. The highest BCUT2D eigenvalue weighted by Crippen LogP contribution is 2.24. The molecule has 2 aromatic rings. The Morgan fingerprint density at radius 3 is 2.26 bits per heavy atom. The molecule has 146 valence electrons. The fourth-order valence-electron chi connectivity index (χ4n) is 2.92. The zero-order valence-electron chi connectivity index (χ0n) is 14.5. The number of aryl methyl sites for hydroxylation is 2. The highest BCUT2D eigenvalue weighted by atomic mass is 32.2. The molecule has 1 aromatic carbocycles. The number of carbonyl (C=O) groups excluding carboxylic acids is 1. The van der Waals surface area contributed by atoms with Crippen LogP contribution in [0.2, 0.25) is 0 Å². The van der Waals surface area contributed by atoms with Crippen LogP contribution in [0, 0.1) is 31.3 Å². The second-order valence-electron chi connectivity index (χ2n) is 6.07. The molecule has 0 spiro atoms. The maximum absolute atomic E-state index is 13.9. The van der Waals surface area contributed by atoms with Gasteiger partial charge in [-0.1, -0.05) is 5.16 Å². The monoisotopic (exact) mass is 403 g/mol. The predicted octanol–water partition coefficient (Wildman–Crippen LogP) is 1.86. The van der Waals surface area contributed by atoms with Gasteiger partial charge in [-0.05, 0) is 26.0 Å². The number of nitrogens with zero attached hydrogens (tertiary/aromatic N) is 3. The van der Waals surface area contributed by atoms with E-state index in [2.05, 4.69) is 5.16 Å². The van der Waals surface area contributed by atoms with Crippen molar-refractivity contribution < 1.29 is 30.9 Å². The Morgan fingerprint density at radius 2 is 1.70 bits per heavy atom. The van der Waals surface area contributed by atoms with E-state index in [-0.39, 0.29) is 32.1 Å². The van der Waals surface area contributed by atoms with Gasteiger partial charge in [0, 0.05) is 26.2 Å². The van der Waals surface area contributed by atoms with Crippen LogP contribution < -0.4 is 0 Å². The van der Waals surface area contributed by atoms with Gasteiger partial charge in [0.05, 0.1) is 5.69 Å². The van der Waals surface area contributed by atoms with Crippen molar-refractivity contribution in [1.82, 2.24) is 14.4 Å². The fraction of sp³-hybridized carbons (Fsp3) is 0.375. The number of hydrogen-bond donors (Lipinski definition) is 0. The van der Waals surface area contributed by atoms with Gasteiger partial charge in [0.25, 0.3) is 5.91 Å². The van der Waals surface area contributed by atoms with Crippen LogP contribution in [-0.2, 0) is 10.0 Å². The molecule has 0 atom stereocenters. The van der Waals surface area contributed by atoms with Gasteiger partial charge >= 0.3 is 0 Å². The first-order valence-electron chi connectivity index (χ1n) is 8.00. The zero-order chi connectivity index (χ0) is 19.9. The Kier molecular flexibility index (Phi) is 5.00. The maximum atomic E-state index is 13.9. The summed E-state index contributed by atoms with van der Waals surface area (Å²) in [4.78, 5) is 13.1. The largest absolute Gasteiger partial charge is 0.361 e. The number of piperazine rings is 1. The number of aromatic nitrogens is 1. The molecule has 0 saturated carbocycles. The van der Waals surface area contributed by atoms with Crippen LogP contribution in [0.1, 0.15) is 21.8 Å². The van der Waals surface area contributed by atoms with Crippen LogP contribution in [0.4, 0.5) is 13.2 Å². The lowest BCUT2D eigenvalue weighted by Gasteiger charge is -2.34. The van der Waals surface area contributed by atoms with Crippen molar-refractivity contribution in [2.75, 3.05) is 26.2 Å². The van der Waals surface area contributed by atoms with Gasteiger partial charge in [-0.15, -0.1) is 0 Å². The van der Waals surface area contributed by atoms with E-state index in [4.69, 9.17) is 4.52 Å². The summed E-state index contributed by atoms with van der Waals surface area (Å²) in [5.74, 6) is -5.06. The smallest absolute Gasteiger partial charge is 0.259 e. The first-order chi connectivity index (χ1) is 12.6. The molecular weight excluding hydrogens is 387 g/mol. The standard InChI is InChI=1S/C16H16F3N3O4S/c1-9-13(10(2)26-20-9)16(23)21-5-7-22(8-6-21)27(24,25)12-4-3-11(17)14(18)15(12)19/h3-4H,5-8H2,1-2H3. The molecule has 3 rings (SSSR count). The van der Waals surface area contributed by atoms with Crippen LogP contribution in [0.5, 0.6) is 0 Å². The summed E-state index contributed by atoms with van der Waals surface area (Å²) in [6, 6.07) is 1.24. The van der Waals surface area contributed by atoms with Crippen LogP contribution in [0.3, 0.4) is 0 Å². The molecule has 0 radical (unpaired) electrons. The summed E-state index contributed by atoms with van der Waals surface area (Å²) < 4.78 is 71.3. The Morgan fingerprint density at radius 1 is 1.07 bits per heavy atom. The van der Waals surface area contributed by atoms with Gasteiger partial charge in [-0.2, -0.15) is 4.31 Å². The van der Waals surface area contributed by atoms with Crippen LogP contribution in [0.25, 0.3) is 0 Å². The molecule has 1 aliphatic rings. The van der Waals surface area contributed by atoms with E-state index in [0.29, 0.717) is 29.2 Å². The molecule has 0 unspecified atom stereocenters. The van der Waals surface area contributed by atoms with Crippen LogP contribution >= 0.6 is 0 Å². The molecule has 1 saturated heterocycles. The predicted molar refractivity (Wildman–Crippen MR) is 87.0 cm³/mol. The van der Waals surface area contributed by atoms with Gasteiger partial charge in [-0.25, -0.2) is 21.6 Å². The minimum atomic E-state index is -4.37. The Labute approximate surface area is 153 Å². The van der Waals surface area contributed by atoms with E-state index in [9.17, 15) is 26.4 Å². The molecule has 1 fully saturated rings. The van der Waals surface area contributed by atoms with E-state index < -0.39 is 32.4 Å². The topological polar surface area (TPSA) is 83.7 Å². The molecular formula is C16H16F3N3O4S. The number of halogens is 3. The van der Waals surface area contributed by atoms with Gasteiger partial charge < -0.3 is 9.42 Å². The second kappa shape index (κ2) is 6.97. The summed E-state index contributed by atoms with van der Waals surface area (Å²) in [5, 5.41) is 3.71. The molecule has 7 nitrogen and oxygen atoms in total. The summed E-state index contributed by atoms with van der Waals surface area (Å²) in [7, 11) is -4.37. The van der Waals surface area contributed by atoms with Crippen molar-refractivity contribution in [3.8, 4) is 0 Å². The van der Waals surface area contributed by atoms with E-state index in [0.717, 1.165) is 4.31 Å². The molecule has 27 heavy (non-hydrogen) atoms. The molecule has 0 aliphatic carbocycles. The van der Waals surface area contributed by atoms with Crippen molar-refractivity contribution in [3.05, 3.63) is 46.6 Å². The lowest BCUT2D eigenvalue weighted by molar-refractivity contribution is 0.0695. The minimum absolute atomic E-state index is 0.0490. The number of sulfonamides is 1. The molecule has 0 N–H and O–H groups in total. The first kappa shape index (κ1) is 19.4. The Hall–Kier alpha value is -2.40. The van der Waals surface area contributed by atoms with Crippen molar-refractivity contribution in [2.45, 2.75) is 18.7 Å². The number of carbonyl (C=O) groups is 1.